The molecule has 0 saturated carbocycles. The van der Waals surface area contributed by atoms with Crippen LogP contribution in [0.4, 0.5) is 0 Å². The van der Waals surface area contributed by atoms with Crippen LogP contribution in [0.1, 0.15) is 23.0 Å². The Bertz CT molecular complexity index is 514. The van der Waals surface area contributed by atoms with Crippen LogP contribution in [0.5, 0.6) is 0 Å². The van der Waals surface area contributed by atoms with Gasteiger partial charge in [-0.15, -0.1) is 11.3 Å². The lowest BCUT2D eigenvalue weighted by molar-refractivity contribution is -0.127. The van der Waals surface area contributed by atoms with Gasteiger partial charge in [0.2, 0.25) is 5.91 Å². The van der Waals surface area contributed by atoms with Crippen LogP contribution in [0.2, 0.25) is 0 Å². The van der Waals surface area contributed by atoms with Gasteiger partial charge in [0, 0.05) is 33.7 Å². The Morgan fingerprint density at radius 2 is 1.96 bits per heavy atom. The van der Waals surface area contributed by atoms with Gasteiger partial charge in [-0.1, -0.05) is 6.07 Å². The maximum atomic E-state index is 11.7. The molecule has 0 aromatic carbocycles. The van der Waals surface area contributed by atoms with Crippen LogP contribution in [0.25, 0.3) is 0 Å². The van der Waals surface area contributed by atoms with Crippen molar-refractivity contribution < 1.29 is 9.59 Å². The fraction of sp³-hybridized carbons (Fsp3) is 0.533. The Kier molecular flexibility index (Phi) is 8.74. The van der Waals surface area contributed by atoms with Crippen molar-refractivity contribution in [1.82, 2.24) is 20.9 Å². The summed E-state index contributed by atoms with van der Waals surface area (Å²) in [5.74, 6) is 0.509. The number of aliphatic imine (C=N–C) groups is 1. The number of hydrogen-bond donors (Lipinski definition) is 3. The van der Waals surface area contributed by atoms with E-state index in [1.165, 1.54) is 16.2 Å². The molecule has 0 spiro atoms. The van der Waals surface area contributed by atoms with Gasteiger partial charge in [0.25, 0.3) is 5.91 Å². The minimum atomic E-state index is -0.0505. The molecule has 8 heteroatoms. The number of likely N-dealkylation sites (N-methyl/N-ethyl adjacent to an activating group) is 1. The SMILES string of the molecule is CCNC(=NCC(=O)N(C)C)NCCCNC(=O)c1cccs1. The molecule has 128 valence electrons. The average molecular weight is 339 g/mol. The molecule has 1 aromatic rings. The number of rotatable bonds is 8. The van der Waals surface area contributed by atoms with E-state index in [0.29, 0.717) is 19.0 Å². The second kappa shape index (κ2) is 10.6. The van der Waals surface area contributed by atoms with Gasteiger partial charge in [0.05, 0.1) is 4.88 Å². The van der Waals surface area contributed by atoms with Crippen molar-refractivity contribution in [2.24, 2.45) is 4.99 Å². The van der Waals surface area contributed by atoms with E-state index in [9.17, 15) is 9.59 Å². The highest BCUT2D eigenvalue weighted by Crippen LogP contribution is 2.07. The third kappa shape index (κ3) is 7.64. The van der Waals surface area contributed by atoms with Gasteiger partial charge < -0.3 is 20.9 Å². The molecule has 1 aromatic heterocycles. The highest BCUT2D eigenvalue weighted by molar-refractivity contribution is 7.12. The average Bonchev–Trinajstić information content (AvgIpc) is 3.05. The first-order chi connectivity index (χ1) is 11.0. The summed E-state index contributed by atoms with van der Waals surface area (Å²) in [5.41, 5.74) is 0. The van der Waals surface area contributed by atoms with Gasteiger partial charge in [0.1, 0.15) is 6.54 Å². The smallest absolute Gasteiger partial charge is 0.261 e. The van der Waals surface area contributed by atoms with E-state index < -0.39 is 0 Å². The third-order valence-electron chi connectivity index (χ3n) is 2.89. The minimum Gasteiger partial charge on any atom is -0.357 e. The molecule has 1 rings (SSSR count). The molecule has 0 radical (unpaired) electrons. The van der Waals surface area contributed by atoms with Crippen LogP contribution in [-0.4, -0.2) is 62.9 Å². The van der Waals surface area contributed by atoms with Crippen molar-refractivity contribution in [3.8, 4) is 0 Å². The number of carbonyl (C=O) groups is 2. The Balaban J connectivity index is 2.26. The van der Waals surface area contributed by atoms with E-state index in [-0.39, 0.29) is 18.4 Å². The molecule has 7 nitrogen and oxygen atoms in total. The molecule has 1 heterocycles. The standard InChI is InChI=1S/C15H25N5O2S/c1-4-16-15(19-11-13(21)20(2)3)18-9-6-8-17-14(22)12-7-5-10-23-12/h5,7,10H,4,6,8-9,11H2,1-3H3,(H,17,22)(H2,16,18,19). The molecule has 0 atom stereocenters. The summed E-state index contributed by atoms with van der Waals surface area (Å²) in [4.78, 5) is 29.7. The van der Waals surface area contributed by atoms with E-state index in [4.69, 9.17) is 0 Å². The zero-order valence-electron chi connectivity index (χ0n) is 13.9. The first-order valence-electron chi connectivity index (χ1n) is 7.58. The molecule has 0 unspecified atom stereocenters. The molecular weight excluding hydrogens is 314 g/mol. The van der Waals surface area contributed by atoms with E-state index in [1.807, 2.05) is 18.4 Å². The summed E-state index contributed by atoms with van der Waals surface area (Å²) in [6.45, 7) is 4.03. The predicted molar refractivity (Wildman–Crippen MR) is 93.9 cm³/mol. The highest BCUT2D eigenvalue weighted by Gasteiger charge is 2.05. The number of carbonyl (C=O) groups excluding carboxylic acids is 2. The highest BCUT2D eigenvalue weighted by atomic mass is 32.1. The van der Waals surface area contributed by atoms with Crippen molar-refractivity contribution >= 4 is 29.1 Å². The number of nitrogens with one attached hydrogen (secondary N) is 3. The number of nitrogens with zero attached hydrogens (tertiary/aromatic N) is 2. The fourth-order valence-corrected chi connectivity index (χ4v) is 2.26. The van der Waals surface area contributed by atoms with Crippen LogP contribution in [-0.2, 0) is 4.79 Å². The van der Waals surface area contributed by atoms with Crippen molar-refractivity contribution in [3.63, 3.8) is 0 Å². The van der Waals surface area contributed by atoms with Crippen molar-refractivity contribution in [2.75, 3.05) is 40.3 Å². The largest absolute Gasteiger partial charge is 0.357 e. The van der Waals surface area contributed by atoms with E-state index in [0.717, 1.165) is 17.8 Å². The molecule has 2 amide bonds. The number of guanidine groups is 1. The first kappa shape index (κ1) is 19.0. The molecule has 0 saturated heterocycles. The minimum absolute atomic E-state index is 0.0443. The van der Waals surface area contributed by atoms with Crippen LogP contribution < -0.4 is 16.0 Å². The summed E-state index contributed by atoms with van der Waals surface area (Å²) in [6.07, 6.45) is 0.767. The van der Waals surface area contributed by atoms with E-state index in [2.05, 4.69) is 20.9 Å². The van der Waals surface area contributed by atoms with Gasteiger partial charge in [-0.05, 0) is 24.8 Å². The number of amides is 2. The van der Waals surface area contributed by atoms with E-state index in [1.54, 1.807) is 20.2 Å². The topological polar surface area (TPSA) is 85.8 Å². The lowest BCUT2D eigenvalue weighted by atomic mass is 10.4. The van der Waals surface area contributed by atoms with Crippen molar-refractivity contribution in [1.29, 1.82) is 0 Å². The fourth-order valence-electron chi connectivity index (χ4n) is 1.62. The number of thiophene rings is 1. The van der Waals surface area contributed by atoms with Crippen LogP contribution in [0.3, 0.4) is 0 Å². The summed E-state index contributed by atoms with van der Waals surface area (Å²) in [5, 5.41) is 11.0. The lowest BCUT2D eigenvalue weighted by Crippen LogP contribution is -2.39. The van der Waals surface area contributed by atoms with Crippen molar-refractivity contribution in [2.45, 2.75) is 13.3 Å². The normalized spacial score (nSPS) is 11.0. The van der Waals surface area contributed by atoms with Gasteiger partial charge in [0.15, 0.2) is 5.96 Å². The molecular formula is C15H25N5O2S. The molecule has 0 aliphatic heterocycles. The van der Waals surface area contributed by atoms with Gasteiger partial charge in [-0.3, -0.25) is 9.59 Å². The second-order valence-corrected chi connectivity index (χ2v) is 5.94. The summed E-state index contributed by atoms with van der Waals surface area (Å²) in [7, 11) is 3.41. The second-order valence-electron chi connectivity index (χ2n) is 5.00. The Hall–Kier alpha value is -2.09. The maximum absolute atomic E-state index is 11.7. The molecule has 0 aliphatic rings. The molecule has 23 heavy (non-hydrogen) atoms. The number of hydrogen-bond acceptors (Lipinski definition) is 4. The van der Waals surface area contributed by atoms with Crippen LogP contribution in [0.15, 0.2) is 22.5 Å². The zero-order chi connectivity index (χ0) is 17.1. The monoisotopic (exact) mass is 339 g/mol. The molecule has 0 aliphatic carbocycles. The summed E-state index contributed by atoms with van der Waals surface area (Å²) >= 11 is 1.43. The van der Waals surface area contributed by atoms with Gasteiger partial charge in [-0.2, -0.15) is 0 Å². The van der Waals surface area contributed by atoms with Crippen LogP contribution >= 0.6 is 11.3 Å². The summed E-state index contributed by atoms with van der Waals surface area (Å²) < 4.78 is 0. The maximum Gasteiger partial charge on any atom is 0.261 e. The lowest BCUT2D eigenvalue weighted by Gasteiger charge is -2.12. The zero-order valence-corrected chi connectivity index (χ0v) is 14.7. The molecule has 0 fully saturated rings. The Morgan fingerprint density at radius 3 is 2.57 bits per heavy atom. The third-order valence-corrected chi connectivity index (χ3v) is 3.76. The van der Waals surface area contributed by atoms with Crippen molar-refractivity contribution in [3.05, 3.63) is 22.4 Å². The first-order valence-corrected chi connectivity index (χ1v) is 8.46. The van der Waals surface area contributed by atoms with E-state index >= 15 is 0 Å². The molecule has 0 bridgehead atoms. The predicted octanol–water partition coefficient (Wildman–Crippen LogP) is 0.511. The van der Waals surface area contributed by atoms with Crippen LogP contribution in [0, 0.1) is 0 Å². The van der Waals surface area contributed by atoms with Gasteiger partial charge in [-0.25, -0.2) is 4.99 Å². The Labute approximate surface area is 141 Å². The summed E-state index contributed by atoms with van der Waals surface area (Å²) in [6, 6.07) is 3.66. The molecule has 3 N–H and O–H groups in total. The quantitative estimate of drug-likeness (QED) is 0.366. The Morgan fingerprint density at radius 1 is 1.22 bits per heavy atom. The van der Waals surface area contributed by atoms with Gasteiger partial charge >= 0.3 is 0 Å².